The first-order chi connectivity index (χ1) is 9.61. The summed E-state index contributed by atoms with van der Waals surface area (Å²) in [5, 5.41) is 7.06. The molecule has 2 N–H and O–H groups in total. The number of nitrogens with zero attached hydrogens (tertiary/aromatic N) is 1. The first-order valence-corrected chi connectivity index (χ1v) is 7.85. The molecule has 0 radical (unpaired) electrons. The predicted octanol–water partition coefficient (Wildman–Crippen LogP) is 2.93. The molecule has 1 aliphatic heterocycles. The number of carbonyl (C=O) groups is 1. The summed E-state index contributed by atoms with van der Waals surface area (Å²) >= 11 is 1.55. The van der Waals surface area contributed by atoms with Gasteiger partial charge in [-0.15, -0.1) is 0 Å². The van der Waals surface area contributed by atoms with Gasteiger partial charge in [-0.3, -0.25) is 4.79 Å². The van der Waals surface area contributed by atoms with Crippen molar-refractivity contribution < 1.29 is 4.79 Å². The van der Waals surface area contributed by atoms with E-state index >= 15 is 0 Å². The van der Waals surface area contributed by atoms with E-state index in [1.807, 2.05) is 12.1 Å². The Kier molecular flexibility index (Phi) is 3.72. The SMILES string of the molecule is Cc1ccc2nc(NC(=O)C3CCNC(C)C3)sc2c1. The van der Waals surface area contributed by atoms with Crippen LogP contribution in [-0.4, -0.2) is 23.5 Å². The Balaban J connectivity index is 1.73. The van der Waals surface area contributed by atoms with Crippen molar-refractivity contribution in [3.05, 3.63) is 23.8 Å². The summed E-state index contributed by atoms with van der Waals surface area (Å²) in [6.07, 6.45) is 1.80. The maximum Gasteiger partial charge on any atom is 0.229 e. The van der Waals surface area contributed by atoms with Crippen LogP contribution in [0.5, 0.6) is 0 Å². The van der Waals surface area contributed by atoms with Gasteiger partial charge in [0, 0.05) is 12.0 Å². The van der Waals surface area contributed by atoms with Gasteiger partial charge >= 0.3 is 0 Å². The third kappa shape index (κ3) is 2.83. The van der Waals surface area contributed by atoms with Crippen LogP contribution in [0.4, 0.5) is 5.13 Å². The van der Waals surface area contributed by atoms with E-state index in [0.29, 0.717) is 11.2 Å². The van der Waals surface area contributed by atoms with Gasteiger partial charge in [0.1, 0.15) is 0 Å². The molecular weight excluding hydrogens is 270 g/mol. The Morgan fingerprint density at radius 2 is 2.35 bits per heavy atom. The number of aromatic nitrogens is 1. The smallest absolute Gasteiger partial charge is 0.229 e. The Morgan fingerprint density at radius 3 is 3.15 bits per heavy atom. The molecule has 0 bridgehead atoms. The fourth-order valence-electron chi connectivity index (χ4n) is 2.66. The largest absolute Gasteiger partial charge is 0.314 e. The highest BCUT2D eigenvalue weighted by molar-refractivity contribution is 7.22. The lowest BCUT2D eigenvalue weighted by Crippen LogP contribution is -2.40. The molecular formula is C15H19N3OS. The molecule has 106 valence electrons. The van der Waals surface area contributed by atoms with Crippen molar-refractivity contribution in [1.29, 1.82) is 0 Å². The Morgan fingerprint density at radius 1 is 1.50 bits per heavy atom. The van der Waals surface area contributed by atoms with Crippen molar-refractivity contribution in [2.24, 2.45) is 5.92 Å². The van der Waals surface area contributed by atoms with Crippen molar-refractivity contribution in [1.82, 2.24) is 10.3 Å². The third-order valence-corrected chi connectivity index (χ3v) is 4.70. The molecule has 0 saturated carbocycles. The highest BCUT2D eigenvalue weighted by Gasteiger charge is 2.25. The van der Waals surface area contributed by atoms with Gasteiger partial charge < -0.3 is 10.6 Å². The van der Waals surface area contributed by atoms with Gasteiger partial charge in [0.15, 0.2) is 5.13 Å². The van der Waals surface area contributed by atoms with Crippen LogP contribution in [0.25, 0.3) is 10.2 Å². The maximum atomic E-state index is 12.3. The second kappa shape index (κ2) is 5.50. The summed E-state index contributed by atoms with van der Waals surface area (Å²) in [5.41, 5.74) is 2.17. The maximum absolute atomic E-state index is 12.3. The predicted molar refractivity (Wildman–Crippen MR) is 83.2 cm³/mol. The minimum Gasteiger partial charge on any atom is -0.314 e. The first-order valence-electron chi connectivity index (χ1n) is 7.03. The van der Waals surface area contributed by atoms with Crippen LogP contribution in [0.2, 0.25) is 0 Å². The first kappa shape index (κ1) is 13.5. The molecule has 1 fully saturated rings. The van der Waals surface area contributed by atoms with E-state index in [1.54, 1.807) is 11.3 Å². The average molecular weight is 289 g/mol. The molecule has 2 atom stereocenters. The molecule has 0 spiro atoms. The number of hydrogen-bond acceptors (Lipinski definition) is 4. The van der Waals surface area contributed by atoms with Gasteiger partial charge in [-0.05, 0) is 50.9 Å². The molecule has 2 unspecified atom stereocenters. The lowest BCUT2D eigenvalue weighted by molar-refractivity contribution is -0.120. The molecule has 2 aromatic rings. The monoisotopic (exact) mass is 289 g/mol. The molecule has 0 aliphatic carbocycles. The van der Waals surface area contributed by atoms with E-state index in [1.165, 1.54) is 5.56 Å². The molecule has 1 aliphatic rings. The molecule has 5 heteroatoms. The van der Waals surface area contributed by atoms with E-state index in [9.17, 15) is 4.79 Å². The number of piperidine rings is 1. The average Bonchev–Trinajstić information content (AvgIpc) is 2.80. The summed E-state index contributed by atoms with van der Waals surface area (Å²) in [6.45, 7) is 5.10. The minimum absolute atomic E-state index is 0.0972. The summed E-state index contributed by atoms with van der Waals surface area (Å²) < 4.78 is 1.12. The standard InChI is InChI=1S/C15H19N3OS/c1-9-3-4-12-13(7-9)20-15(17-12)18-14(19)11-5-6-16-10(2)8-11/h3-4,7,10-11,16H,5-6,8H2,1-2H3,(H,17,18,19). The van der Waals surface area contributed by atoms with Gasteiger partial charge in [0.25, 0.3) is 0 Å². The Labute approximate surface area is 122 Å². The molecule has 1 aromatic carbocycles. The van der Waals surface area contributed by atoms with Crippen molar-refractivity contribution in [3.63, 3.8) is 0 Å². The zero-order valence-corrected chi connectivity index (χ0v) is 12.6. The second-order valence-corrected chi connectivity index (χ2v) is 6.59. The molecule has 1 amide bonds. The van der Waals surface area contributed by atoms with Crippen LogP contribution in [0.1, 0.15) is 25.3 Å². The fourth-order valence-corrected chi connectivity index (χ4v) is 3.63. The molecule has 4 nitrogen and oxygen atoms in total. The normalized spacial score (nSPS) is 22.9. The number of fused-ring (bicyclic) bond motifs is 1. The number of thiazole rings is 1. The van der Waals surface area contributed by atoms with Gasteiger partial charge in [0.2, 0.25) is 5.91 Å². The Hall–Kier alpha value is -1.46. The van der Waals surface area contributed by atoms with Crippen LogP contribution in [0.3, 0.4) is 0 Å². The molecule has 2 heterocycles. The number of rotatable bonds is 2. The number of amides is 1. The number of nitrogens with one attached hydrogen (secondary N) is 2. The van der Waals surface area contributed by atoms with E-state index in [2.05, 4.69) is 35.5 Å². The van der Waals surface area contributed by atoms with Crippen molar-refractivity contribution in [3.8, 4) is 0 Å². The van der Waals surface area contributed by atoms with Crippen LogP contribution >= 0.6 is 11.3 Å². The second-order valence-electron chi connectivity index (χ2n) is 5.56. The molecule has 1 aromatic heterocycles. The summed E-state index contributed by atoms with van der Waals surface area (Å²) in [5.74, 6) is 0.203. The number of carbonyl (C=O) groups excluding carboxylic acids is 1. The molecule has 3 rings (SSSR count). The lowest BCUT2D eigenvalue weighted by Gasteiger charge is -2.26. The van der Waals surface area contributed by atoms with Gasteiger partial charge in [-0.25, -0.2) is 4.98 Å². The molecule has 1 saturated heterocycles. The fraction of sp³-hybridized carbons (Fsp3) is 0.467. The van der Waals surface area contributed by atoms with E-state index in [4.69, 9.17) is 0 Å². The summed E-state index contributed by atoms with van der Waals surface area (Å²) in [6, 6.07) is 6.57. The van der Waals surface area contributed by atoms with E-state index in [0.717, 1.165) is 29.6 Å². The van der Waals surface area contributed by atoms with Gasteiger partial charge in [-0.1, -0.05) is 17.4 Å². The summed E-state index contributed by atoms with van der Waals surface area (Å²) in [4.78, 5) is 16.8. The lowest BCUT2D eigenvalue weighted by atomic mass is 9.93. The van der Waals surface area contributed by atoms with Crippen LogP contribution in [-0.2, 0) is 4.79 Å². The van der Waals surface area contributed by atoms with Crippen LogP contribution in [0, 0.1) is 12.8 Å². The summed E-state index contributed by atoms with van der Waals surface area (Å²) in [7, 11) is 0. The highest BCUT2D eigenvalue weighted by atomic mass is 32.1. The zero-order valence-electron chi connectivity index (χ0n) is 11.8. The van der Waals surface area contributed by atoms with Gasteiger partial charge in [-0.2, -0.15) is 0 Å². The minimum atomic E-state index is 0.0972. The van der Waals surface area contributed by atoms with Crippen LogP contribution in [0.15, 0.2) is 18.2 Å². The third-order valence-electron chi connectivity index (χ3n) is 3.77. The van der Waals surface area contributed by atoms with Crippen molar-refractivity contribution in [2.45, 2.75) is 32.7 Å². The van der Waals surface area contributed by atoms with Crippen LogP contribution < -0.4 is 10.6 Å². The number of anilines is 1. The Bertz CT molecular complexity index is 637. The number of aryl methyl sites for hydroxylation is 1. The van der Waals surface area contributed by atoms with Gasteiger partial charge in [0.05, 0.1) is 10.2 Å². The topological polar surface area (TPSA) is 54.0 Å². The highest BCUT2D eigenvalue weighted by Crippen LogP contribution is 2.27. The number of benzene rings is 1. The molecule has 20 heavy (non-hydrogen) atoms. The van der Waals surface area contributed by atoms with E-state index < -0.39 is 0 Å². The quantitative estimate of drug-likeness (QED) is 0.893. The van der Waals surface area contributed by atoms with E-state index in [-0.39, 0.29) is 11.8 Å². The van der Waals surface area contributed by atoms with Crippen molar-refractivity contribution in [2.75, 3.05) is 11.9 Å². The zero-order chi connectivity index (χ0) is 14.1. The number of hydrogen-bond donors (Lipinski definition) is 2. The van der Waals surface area contributed by atoms with Crippen molar-refractivity contribution >= 4 is 32.6 Å².